The van der Waals surface area contributed by atoms with Gasteiger partial charge in [-0.05, 0) is 29.3 Å². The van der Waals surface area contributed by atoms with E-state index in [1.807, 2.05) is 48.5 Å². The molecule has 122 valence electrons. The second-order valence-electron chi connectivity index (χ2n) is 5.61. The minimum Gasteiger partial charge on any atom is -0.489 e. The van der Waals surface area contributed by atoms with Gasteiger partial charge in [-0.1, -0.05) is 72.3 Å². The highest BCUT2D eigenvalue weighted by Gasteiger charge is 2.03. The third kappa shape index (κ3) is 4.85. The standard InChI is InChI=1S/C21H20ClNO/c22-20-12-10-18(11-13-20)16-24-21-9-5-4-8-19(21)15-23-14-17-6-2-1-3-7-17/h1-13,23H,14-16H2. The third-order valence-corrected chi connectivity index (χ3v) is 4.02. The zero-order valence-electron chi connectivity index (χ0n) is 13.4. The number of rotatable bonds is 7. The molecule has 0 bridgehead atoms. The van der Waals surface area contributed by atoms with Crippen molar-refractivity contribution in [3.8, 4) is 5.75 Å². The van der Waals surface area contributed by atoms with Crippen LogP contribution in [-0.2, 0) is 19.7 Å². The average molecular weight is 338 g/mol. The largest absolute Gasteiger partial charge is 0.489 e. The molecule has 3 rings (SSSR count). The van der Waals surface area contributed by atoms with Crippen LogP contribution in [0, 0.1) is 0 Å². The van der Waals surface area contributed by atoms with Crippen LogP contribution in [0.25, 0.3) is 0 Å². The zero-order valence-corrected chi connectivity index (χ0v) is 14.2. The van der Waals surface area contributed by atoms with Gasteiger partial charge in [0.2, 0.25) is 0 Å². The van der Waals surface area contributed by atoms with Crippen molar-refractivity contribution in [1.29, 1.82) is 0 Å². The van der Waals surface area contributed by atoms with Crippen molar-refractivity contribution in [3.05, 3.63) is 101 Å². The molecule has 3 aromatic carbocycles. The van der Waals surface area contributed by atoms with E-state index in [1.54, 1.807) is 0 Å². The maximum Gasteiger partial charge on any atom is 0.124 e. The first-order valence-electron chi connectivity index (χ1n) is 8.01. The molecule has 1 N–H and O–H groups in total. The number of hydrogen-bond acceptors (Lipinski definition) is 2. The molecule has 0 saturated carbocycles. The van der Waals surface area contributed by atoms with Gasteiger partial charge in [-0.15, -0.1) is 0 Å². The fraction of sp³-hybridized carbons (Fsp3) is 0.143. The monoisotopic (exact) mass is 337 g/mol. The SMILES string of the molecule is Clc1ccc(COc2ccccc2CNCc2ccccc2)cc1. The van der Waals surface area contributed by atoms with E-state index in [-0.39, 0.29) is 0 Å². The minimum absolute atomic E-state index is 0.535. The van der Waals surface area contributed by atoms with Crippen LogP contribution in [0.15, 0.2) is 78.9 Å². The number of nitrogens with one attached hydrogen (secondary N) is 1. The Morgan fingerprint density at radius 3 is 2.21 bits per heavy atom. The molecular weight excluding hydrogens is 318 g/mol. The Kier molecular flexibility index (Phi) is 5.89. The van der Waals surface area contributed by atoms with Gasteiger partial charge in [0.05, 0.1) is 0 Å². The summed E-state index contributed by atoms with van der Waals surface area (Å²) in [7, 11) is 0. The van der Waals surface area contributed by atoms with Crippen molar-refractivity contribution in [2.24, 2.45) is 0 Å². The van der Waals surface area contributed by atoms with Crippen LogP contribution >= 0.6 is 11.6 Å². The highest BCUT2D eigenvalue weighted by Crippen LogP contribution is 2.20. The summed E-state index contributed by atoms with van der Waals surface area (Å²) in [5.41, 5.74) is 3.53. The van der Waals surface area contributed by atoms with Crippen LogP contribution < -0.4 is 10.1 Å². The number of benzene rings is 3. The summed E-state index contributed by atoms with van der Waals surface area (Å²) in [6.07, 6.45) is 0. The molecule has 0 aliphatic rings. The van der Waals surface area contributed by atoms with E-state index in [4.69, 9.17) is 16.3 Å². The lowest BCUT2D eigenvalue weighted by Gasteiger charge is -2.12. The molecule has 0 unspecified atom stereocenters. The number of halogens is 1. The Morgan fingerprint density at radius 2 is 1.42 bits per heavy atom. The van der Waals surface area contributed by atoms with Gasteiger partial charge in [-0.2, -0.15) is 0 Å². The Hall–Kier alpha value is -2.29. The van der Waals surface area contributed by atoms with Gasteiger partial charge < -0.3 is 10.1 Å². The van der Waals surface area contributed by atoms with Crippen LogP contribution in [0.3, 0.4) is 0 Å². The molecule has 0 aliphatic carbocycles. The lowest BCUT2D eigenvalue weighted by molar-refractivity contribution is 0.302. The first-order valence-corrected chi connectivity index (χ1v) is 8.39. The summed E-state index contributed by atoms with van der Waals surface area (Å²) in [6, 6.07) is 26.3. The van der Waals surface area contributed by atoms with E-state index >= 15 is 0 Å². The number of ether oxygens (including phenoxy) is 1. The molecule has 3 heteroatoms. The Labute approximate surface area is 148 Å². The van der Waals surface area contributed by atoms with E-state index in [0.717, 1.165) is 35.0 Å². The molecule has 0 radical (unpaired) electrons. The summed E-state index contributed by atoms with van der Waals surface area (Å²) in [6.45, 7) is 2.14. The van der Waals surface area contributed by atoms with Crippen LogP contribution in [0.4, 0.5) is 0 Å². The molecule has 0 atom stereocenters. The maximum atomic E-state index is 5.98. The van der Waals surface area contributed by atoms with E-state index in [0.29, 0.717) is 6.61 Å². The average Bonchev–Trinajstić information content (AvgIpc) is 2.63. The molecule has 2 nitrogen and oxygen atoms in total. The van der Waals surface area contributed by atoms with Gasteiger partial charge in [0, 0.05) is 23.7 Å². The van der Waals surface area contributed by atoms with Crippen molar-refractivity contribution in [2.45, 2.75) is 19.7 Å². The van der Waals surface area contributed by atoms with Crippen molar-refractivity contribution < 1.29 is 4.74 Å². The Balaban J connectivity index is 1.57. The zero-order chi connectivity index (χ0) is 16.6. The molecule has 24 heavy (non-hydrogen) atoms. The van der Waals surface area contributed by atoms with Crippen molar-refractivity contribution in [2.75, 3.05) is 0 Å². The topological polar surface area (TPSA) is 21.3 Å². The third-order valence-electron chi connectivity index (χ3n) is 3.77. The van der Waals surface area contributed by atoms with Crippen LogP contribution in [0.2, 0.25) is 5.02 Å². The minimum atomic E-state index is 0.535. The normalized spacial score (nSPS) is 10.5. The predicted molar refractivity (Wildman–Crippen MR) is 99.2 cm³/mol. The maximum absolute atomic E-state index is 5.98. The molecule has 0 saturated heterocycles. The van der Waals surface area contributed by atoms with Gasteiger partial charge >= 0.3 is 0 Å². The summed E-state index contributed by atoms with van der Waals surface area (Å²) in [5.74, 6) is 0.910. The van der Waals surface area contributed by atoms with Crippen LogP contribution in [0.5, 0.6) is 5.75 Å². The molecule has 0 heterocycles. The van der Waals surface area contributed by atoms with Gasteiger partial charge in [0.25, 0.3) is 0 Å². The van der Waals surface area contributed by atoms with Gasteiger partial charge in [0.15, 0.2) is 0 Å². The summed E-state index contributed by atoms with van der Waals surface area (Å²) >= 11 is 5.91. The molecule has 0 spiro atoms. The second-order valence-corrected chi connectivity index (χ2v) is 6.05. The van der Waals surface area contributed by atoms with Crippen molar-refractivity contribution in [3.63, 3.8) is 0 Å². The molecule has 0 aromatic heterocycles. The molecule has 3 aromatic rings. The van der Waals surface area contributed by atoms with Gasteiger partial charge in [-0.25, -0.2) is 0 Å². The summed E-state index contributed by atoms with van der Waals surface area (Å²) in [4.78, 5) is 0. The fourth-order valence-electron chi connectivity index (χ4n) is 2.47. The molecule has 0 amide bonds. The summed E-state index contributed by atoms with van der Waals surface area (Å²) < 4.78 is 5.98. The molecular formula is C21H20ClNO. The Bertz CT molecular complexity index is 756. The van der Waals surface area contributed by atoms with Crippen LogP contribution in [0.1, 0.15) is 16.7 Å². The first-order chi connectivity index (χ1) is 11.8. The van der Waals surface area contributed by atoms with Crippen molar-refractivity contribution >= 4 is 11.6 Å². The van der Waals surface area contributed by atoms with E-state index in [1.165, 1.54) is 5.56 Å². The highest BCUT2D eigenvalue weighted by atomic mass is 35.5. The van der Waals surface area contributed by atoms with E-state index < -0.39 is 0 Å². The lowest BCUT2D eigenvalue weighted by atomic mass is 10.2. The molecule has 0 aliphatic heterocycles. The number of hydrogen-bond donors (Lipinski definition) is 1. The van der Waals surface area contributed by atoms with E-state index in [2.05, 4.69) is 35.6 Å². The second kappa shape index (κ2) is 8.53. The van der Waals surface area contributed by atoms with Gasteiger partial charge in [0.1, 0.15) is 12.4 Å². The highest BCUT2D eigenvalue weighted by molar-refractivity contribution is 6.30. The number of para-hydroxylation sites is 1. The van der Waals surface area contributed by atoms with Crippen molar-refractivity contribution in [1.82, 2.24) is 5.32 Å². The van der Waals surface area contributed by atoms with Gasteiger partial charge in [-0.3, -0.25) is 0 Å². The fourth-order valence-corrected chi connectivity index (χ4v) is 2.60. The smallest absolute Gasteiger partial charge is 0.124 e. The lowest BCUT2D eigenvalue weighted by Crippen LogP contribution is -2.13. The Morgan fingerprint density at radius 1 is 0.708 bits per heavy atom. The predicted octanol–water partition coefficient (Wildman–Crippen LogP) is 5.21. The summed E-state index contributed by atoms with van der Waals surface area (Å²) in [5, 5.41) is 4.21. The van der Waals surface area contributed by atoms with Crippen LogP contribution in [-0.4, -0.2) is 0 Å². The quantitative estimate of drug-likeness (QED) is 0.639. The first kappa shape index (κ1) is 16.6. The van der Waals surface area contributed by atoms with E-state index in [9.17, 15) is 0 Å². The molecule has 0 fully saturated rings.